The minimum Gasteiger partial charge on any atom is -0.495 e. The van der Waals surface area contributed by atoms with Gasteiger partial charge in [-0.15, -0.1) is 0 Å². The normalized spacial score (nSPS) is 19.7. The zero-order valence-electron chi connectivity index (χ0n) is 64.4. The summed E-state index contributed by atoms with van der Waals surface area (Å²) in [5.74, 6) is 3.03. The van der Waals surface area contributed by atoms with E-state index in [2.05, 4.69) is 131 Å². The first-order chi connectivity index (χ1) is 53.3. The molecule has 592 valence electrons. The molecule has 5 fully saturated rings. The van der Waals surface area contributed by atoms with E-state index in [1.54, 1.807) is 85.3 Å². The third-order valence-corrected chi connectivity index (χ3v) is 24.8. The Morgan fingerprint density at radius 2 is 0.964 bits per heavy atom. The van der Waals surface area contributed by atoms with Gasteiger partial charge in [0.2, 0.25) is 11.8 Å². The first-order valence-corrected chi connectivity index (χ1v) is 42.3. The van der Waals surface area contributed by atoms with Crippen molar-refractivity contribution in [2.24, 2.45) is 23.7 Å². The van der Waals surface area contributed by atoms with Crippen LogP contribution in [0.4, 0.5) is 23.3 Å². The second-order valence-electron chi connectivity index (χ2n) is 31.1. The van der Waals surface area contributed by atoms with Gasteiger partial charge in [0.15, 0.2) is 20.8 Å². The highest BCUT2D eigenvalue weighted by atomic mass is 35.5. The number of nitrogens with zero attached hydrogens (tertiary/aromatic N) is 11. The Hall–Kier alpha value is -10.3. The van der Waals surface area contributed by atoms with Gasteiger partial charge in [-0.25, -0.2) is 34.1 Å². The number of sulfonamides is 3. The Kier molecular flexibility index (Phi) is 24.6. The summed E-state index contributed by atoms with van der Waals surface area (Å²) in [6.45, 7) is 22.2. The Morgan fingerprint density at radius 3 is 1.42 bits per heavy atom. The number of pyridine rings is 6. The number of aromatic nitrogens is 7. The summed E-state index contributed by atoms with van der Waals surface area (Å²) < 4.78 is 107. The number of hydrogen-bond donors (Lipinski definition) is 3. The maximum absolute atomic E-state index is 13.3. The van der Waals surface area contributed by atoms with Crippen LogP contribution in [-0.2, 0) is 43.3 Å². The molecule has 112 heavy (non-hydrogen) atoms. The molecule has 31 heteroatoms. The second kappa shape index (κ2) is 34.0. The molecular weight excluding hydrogens is 1510 g/mol. The van der Waals surface area contributed by atoms with E-state index >= 15 is 0 Å². The van der Waals surface area contributed by atoms with Crippen molar-refractivity contribution in [3.05, 3.63) is 197 Å². The van der Waals surface area contributed by atoms with Crippen LogP contribution in [0.2, 0.25) is 5.02 Å². The lowest BCUT2D eigenvalue weighted by molar-refractivity contribution is 0.0972. The molecule has 4 aliphatic heterocycles. The second-order valence-corrected chi connectivity index (χ2v) is 36.4. The van der Waals surface area contributed by atoms with Crippen LogP contribution in [-0.4, -0.2) is 134 Å². The van der Waals surface area contributed by atoms with Gasteiger partial charge in [0, 0.05) is 91.2 Å². The minimum atomic E-state index is -4.30. The largest absolute Gasteiger partial charge is 0.495 e. The summed E-state index contributed by atoms with van der Waals surface area (Å²) in [5.41, 5.74) is 2.12. The smallest absolute Gasteiger partial charge is 0.281 e. The molecule has 3 N–H and O–H groups in total. The maximum atomic E-state index is 13.3. The number of ether oxygens (including phenoxy) is 3. The Balaban J connectivity index is 0.000000156. The van der Waals surface area contributed by atoms with Gasteiger partial charge in [-0.3, -0.25) is 14.4 Å². The molecule has 14 rings (SSSR count). The number of piperidine rings is 1. The Morgan fingerprint density at radius 1 is 0.518 bits per heavy atom. The number of anilines is 4. The molecule has 1 saturated carbocycles. The molecule has 5 unspecified atom stereocenters. The van der Waals surface area contributed by atoms with Gasteiger partial charge < -0.3 is 38.3 Å². The van der Waals surface area contributed by atoms with E-state index < -0.39 is 47.8 Å². The van der Waals surface area contributed by atoms with E-state index in [9.17, 15) is 39.6 Å². The lowest BCUT2D eigenvalue weighted by Crippen LogP contribution is -2.47. The summed E-state index contributed by atoms with van der Waals surface area (Å²) in [6, 6.07) is 40.1. The number of rotatable bonds is 21. The number of nitrogens with one attached hydrogen (secondary N) is 3. The average Bonchev–Trinajstić information content (AvgIpc) is 1.57. The quantitative estimate of drug-likeness (QED) is 0.0601. The summed E-state index contributed by atoms with van der Waals surface area (Å²) in [5, 5.41) is 3.60. The SMILES string of the molecule is CC1CN(c2ncccc2C(=O)NS(=O)(=O)c2cccc(N3CCCC4CCCCC43)n2)C(C)(C)C1.CC1CN(c2ncccc2C(=O)NS(=O)(=O)c2cccc(OCc3cc(-c4ccccc4)on3)n2)C(C)(C)C1.COc1ccc(COc2cccc(S(=O)(=O)NC(=O)c3cccnc3N3CC(C)CC3(C)C)n2)cc1Cl. The number of fused-ring (bicyclic) bond motifs is 1. The first kappa shape index (κ1) is 81.2. The van der Waals surface area contributed by atoms with Crippen molar-refractivity contribution in [2.45, 2.75) is 171 Å². The summed E-state index contributed by atoms with van der Waals surface area (Å²) in [6.07, 6.45) is 14.8. The van der Waals surface area contributed by atoms with Gasteiger partial charge in [0.1, 0.15) is 47.9 Å². The predicted molar refractivity (Wildman–Crippen MR) is 426 cm³/mol. The molecule has 1 aliphatic carbocycles. The van der Waals surface area contributed by atoms with Gasteiger partial charge in [-0.2, -0.15) is 35.2 Å². The first-order valence-electron chi connectivity index (χ1n) is 37.4. The number of amides is 3. The minimum absolute atomic E-state index is 0.0162. The van der Waals surface area contributed by atoms with Crippen molar-refractivity contribution in [3.63, 3.8) is 0 Å². The summed E-state index contributed by atoms with van der Waals surface area (Å²) in [4.78, 5) is 74.1. The van der Waals surface area contributed by atoms with Crippen LogP contribution in [0.15, 0.2) is 184 Å². The predicted octanol–water partition coefficient (Wildman–Crippen LogP) is 13.3. The molecule has 2 aromatic carbocycles. The molecule has 0 radical (unpaired) electrons. The lowest BCUT2D eigenvalue weighted by Gasteiger charge is -2.44. The van der Waals surface area contributed by atoms with Crippen molar-refractivity contribution in [2.75, 3.05) is 52.9 Å². The highest BCUT2D eigenvalue weighted by molar-refractivity contribution is 7.90. The lowest BCUT2D eigenvalue weighted by atomic mass is 9.78. The van der Waals surface area contributed by atoms with Gasteiger partial charge in [-0.05, 0) is 189 Å². The molecule has 27 nitrogen and oxygen atoms in total. The van der Waals surface area contributed by atoms with Crippen molar-refractivity contribution in [3.8, 4) is 28.8 Å². The fourth-order valence-electron chi connectivity index (χ4n) is 16.0. The van der Waals surface area contributed by atoms with Crippen molar-refractivity contribution in [1.82, 2.24) is 49.2 Å². The zero-order chi connectivity index (χ0) is 79.9. The maximum Gasteiger partial charge on any atom is 0.281 e. The number of methoxy groups -OCH3 is 1. The summed E-state index contributed by atoms with van der Waals surface area (Å²) >= 11 is 6.15. The van der Waals surface area contributed by atoms with Crippen molar-refractivity contribution in [1.29, 1.82) is 0 Å². The summed E-state index contributed by atoms with van der Waals surface area (Å²) in [7, 11) is -11.2. The van der Waals surface area contributed by atoms with E-state index in [1.165, 1.54) is 75.3 Å². The van der Waals surface area contributed by atoms with E-state index in [1.807, 2.05) is 36.4 Å². The van der Waals surface area contributed by atoms with Crippen LogP contribution in [0.3, 0.4) is 0 Å². The molecule has 7 aromatic heterocycles. The molecule has 5 aliphatic rings. The van der Waals surface area contributed by atoms with Crippen molar-refractivity contribution < 1.29 is 58.4 Å². The molecule has 0 spiro atoms. The van der Waals surface area contributed by atoms with Gasteiger partial charge in [0.05, 0.1) is 28.8 Å². The average molecular weight is 1600 g/mol. The number of carbonyl (C=O) groups is 3. The van der Waals surface area contributed by atoms with E-state index in [4.69, 9.17) is 30.3 Å². The third-order valence-electron chi connectivity index (χ3n) is 20.8. The highest BCUT2D eigenvalue weighted by Gasteiger charge is 2.43. The van der Waals surface area contributed by atoms with Crippen LogP contribution in [0, 0.1) is 23.7 Å². The Labute approximate surface area is 659 Å². The van der Waals surface area contributed by atoms with E-state index in [0.29, 0.717) is 75.2 Å². The molecule has 11 heterocycles. The van der Waals surface area contributed by atoms with Gasteiger partial charge in [-0.1, -0.05) is 105 Å². The molecule has 9 aromatic rings. The highest BCUT2D eigenvalue weighted by Crippen LogP contribution is 2.42. The van der Waals surface area contributed by atoms with E-state index in [-0.39, 0.29) is 73.4 Å². The Bertz CT molecular complexity index is 5250. The van der Waals surface area contributed by atoms with Crippen LogP contribution in [0.25, 0.3) is 11.3 Å². The number of hydrogen-bond acceptors (Lipinski definition) is 24. The molecule has 4 saturated heterocycles. The van der Waals surface area contributed by atoms with Gasteiger partial charge >= 0.3 is 0 Å². The third kappa shape index (κ3) is 19.1. The zero-order valence-corrected chi connectivity index (χ0v) is 67.6. The molecular formula is C81H95ClN14O13S3. The van der Waals surface area contributed by atoms with Crippen LogP contribution >= 0.6 is 11.6 Å². The van der Waals surface area contributed by atoms with Crippen LogP contribution < -0.4 is 48.0 Å². The topological polar surface area (TPSA) is 334 Å². The fourth-order valence-corrected chi connectivity index (χ4v) is 19.1. The number of benzene rings is 2. The van der Waals surface area contributed by atoms with Crippen LogP contribution in [0.1, 0.15) is 162 Å². The monoisotopic (exact) mass is 1600 g/mol. The van der Waals surface area contributed by atoms with Gasteiger partial charge in [0.25, 0.3) is 47.8 Å². The number of carbonyl (C=O) groups excluding carboxylic acids is 3. The molecule has 3 amide bonds. The van der Waals surface area contributed by atoms with Crippen molar-refractivity contribution >= 4 is 82.7 Å². The standard InChI is InChI=1S/C28H29N5O5S.C27H37N5O3S.C26H29ClN4O5S/c1-19-16-28(2,3)33(17-19)26-22(11-8-14-29-26)27(34)32-39(35,36)25-13-7-12-24(30-25)37-18-21-15-23(38-31-21)20-9-5-4-6-10-20;1-19-17-27(2,3)32(18-19)25-21(11-7-15-28-25)26(33)30-36(34,35)24-14-6-13-23(29-24)31-16-8-10-20-9-4-5-12-22(20)31;1-17-14-26(2,3)31(15-17)24-19(7-6-12-28-24)25(32)30-37(33,34)23-9-5-8-22(29-23)36-16-18-10-11-21(35-4)20(27)13-18/h4-15,19H,16-18H2,1-3H3,(H,32,34);6-7,11,13-15,19-20,22H,4-5,8-10,12,16-18H2,1-3H3,(H,30,33);5-13,17H,14-16H2,1-4H3,(H,30,32). The van der Waals surface area contributed by atoms with E-state index in [0.717, 1.165) is 69.4 Å². The fraction of sp³-hybridized carbons (Fsp3) is 0.407. The van der Waals surface area contributed by atoms with Crippen LogP contribution in [0.5, 0.6) is 17.5 Å². The number of halogens is 1. The molecule has 5 atom stereocenters. The molecule has 0 bridgehead atoms.